The number of rotatable bonds is 2. The molecule has 0 heterocycles. The van der Waals surface area contributed by atoms with Crippen molar-refractivity contribution in [2.45, 2.75) is 0 Å². The molecule has 2 nitrogen and oxygen atoms in total. The lowest BCUT2D eigenvalue weighted by Gasteiger charge is -1.61. The molecule has 0 saturated carbocycles. The molecule has 0 aromatic heterocycles. The number of aldehydes is 1. The van der Waals surface area contributed by atoms with Gasteiger partial charge in [-0.25, -0.2) is 0 Å². The van der Waals surface area contributed by atoms with Crippen LogP contribution >= 0.6 is 0 Å². The molecule has 0 rings (SSSR count). The van der Waals surface area contributed by atoms with Crippen molar-refractivity contribution in [2.75, 3.05) is 0 Å². The first-order valence-corrected chi connectivity index (χ1v) is 2.08. The molecule has 0 atom stereocenters. The molecule has 0 aromatic carbocycles. The molecular formula is C6H5NO. The summed E-state index contributed by atoms with van der Waals surface area (Å²) < 4.78 is 0. The van der Waals surface area contributed by atoms with E-state index in [-0.39, 0.29) is 0 Å². The van der Waals surface area contributed by atoms with Crippen molar-refractivity contribution in [3.8, 4) is 6.07 Å². The van der Waals surface area contributed by atoms with Crippen molar-refractivity contribution in [3.63, 3.8) is 0 Å². The minimum absolute atomic E-state index is 0.654. The topological polar surface area (TPSA) is 40.9 Å². The molecular weight excluding hydrogens is 102 g/mol. The third-order valence-electron chi connectivity index (χ3n) is 0.472. The van der Waals surface area contributed by atoms with Gasteiger partial charge in [0.25, 0.3) is 0 Å². The Morgan fingerprint density at radius 3 is 2.50 bits per heavy atom. The van der Waals surface area contributed by atoms with E-state index in [1.54, 1.807) is 6.07 Å². The van der Waals surface area contributed by atoms with E-state index in [4.69, 9.17) is 5.26 Å². The van der Waals surface area contributed by atoms with E-state index in [9.17, 15) is 4.79 Å². The molecule has 0 saturated heterocycles. The Bertz CT molecular complexity index is 150. The van der Waals surface area contributed by atoms with Crippen molar-refractivity contribution in [1.82, 2.24) is 0 Å². The van der Waals surface area contributed by atoms with Crippen molar-refractivity contribution >= 4 is 6.29 Å². The second-order valence-electron chi connectivity index (χ2n) is 1.01. The van der Waals surface area contributed by atoms with Gasteiger partial charge in [-0.05, 0) is 6.08 Å². The molecule has 0 aromatic rings. The van der Waals surface area contributed by atoms with Gasteiger partial charge in [-0.3, -0.25) is 4.79 Å². The predicted molar refractivity (Wildman–Crippen MR) is 30.0 cm³/mol. The largest absolute Gasteiger partial charge is 0.299 e. The van der Waals surface area contributed by atoms with Crippen LogP contribution in [-0.4, -0.2) is 6.29 Å². The van der Waals surface area contributed by atoms with Gasteiger partial charge in [0.2, 0.25) is 0 Å². The Hall–Kier alpha value is -1.36. The van der Waals surface area contributed by atoms with Gasteiger partial charge in [-0.15, -0.1) is 0 Å². The van der Waals surface area contributed by atoms with Crippen LogP contribution in [0.25, 0.3) is 0 Å². The third kappa shape index (κ3) is 4.64. The zero-order valence-electron chi connectivity index (χ0n) is 4.24. The van der Waals surface area contributed by atoms with E-state index in [1.807, 2.05) is 0 Å². The molecule has 8 heavy (non-hydrogen) atoms. The van der Waals surface area contributed by atoms with E-state index < -0.39 is 0 Å². The normalized spacial score (nSPS) is 9.88. The van der Waals surface area contributed by atoms with Crippen molar-refractivity contribution < 1.29 is 4.79 Å². The van der Waals surface area contributed by atoms with Gasteiger partial charge in [-0.1, -0.05) is 12.2 Å². The molecule has 0 aliphatic heterocycles. The van der Waals surface area contributed by atoms with E-state index in [0.29, 0.717) is 6.29 Å². The summed E-state index contributed by atoms with van der Waals surface area (Å²) in [7, 11) is 0. The first-order valence-electron chi connectivity index (χ1n) is 2.08. The maximum atomic E-state index is 9.56. The third-order valence-corrected chi connectivity index (χ3v) is 0.472. The second-order valence-corrected chi connectivity index (χ2v) is 1.01. The zero-order chi connectivity index (χ0) is 6.24. The van der Waals surface area contributed by atoms with Gasteiger partial charge in [0.05, 0.1) is 6.07 Å². The number of carbonyl (C=O) groups is 1. The fraction of sp³-hybridized carbons (Fsp3) is 0. The number of hydrogen-bond donors (Lipinski definition) is 0. The highest BCUT2D eigenvalue weighted by molar-refractivity contribution is 5.65. The van der Waals surface area contributed by atoms with E-state index in [2.05, 4.69) is 0 Å². The highest BCUT2D eigenvalue weighted by atomic mass is 16.1. The fourth-order valence-corrected chi connectivity index (χ4v) is 0.208. The lowest BCUT2D eigenvalue weighted by molar-refractivity contribution is -0.104. The van der Waals surface area contributed by atoms with Gasteiger partial charge >= 0.3 is 0 Å². The Kier molecular flexibility index (Phi) is 4.68. The van der Waals surface area contributed by atoms with E-state index in [0.717, 1.165) is 0 Å². The highest BCUT2D eigenvalue weighted by Crippen LogP contribution is 1.70. The summed E-state index contributed by atoms with van der Waals surface area (Å²) in [5, 5.41) is 7.91. The zero-order valence-corrected chi connectivity index (χ0v) is 4.24. The molecule has 0 aliphatic carbocycles. The first-order chi connectivity index (χ1) is 3.91. The summed E-state index contributed by atoms with van der Waals surface area (Å²) in [5.74, 6) is 0. The number of nitrogens with zero attached hydrogens (tertiary/aromatic N) is 1. The molecule has 0 unspecified atom stereocenters. The summed E-state index contributed by atoms with van der Waals surface area (Å²) >= 11 is 0. The number of allylic oxidation sites excluding steroid dienone is 4. The quantitative estimate of drug-likeness (QED) is 0.227. The first kappa shape index (κ1) is 6.64. The second kappa shape index (κ2) is 5.64. The van der Waals surface area contributed by atoms with Gasteiger partial charge in [0, 0.05) is 6.08 Å². The van der Waals surface area contributed by atoms with Crippen LogP contribution in [0.2, 0.25) is 0 Å². The maximum absolute atomic E-state index is 9.56. The van der Waals surface area contributed by atoms with Crippen LogP contribution in [0.1, 0.15) is 0 Å². The molecule has 0 fully saturated rings. The molecule has 0 bridgehead atoms. The van der Waals surface area contributed by atoms with Crippen LogP contribution in [0.15, 0.2) is 24.3 Å². The minimum Gasteiger partial charge on any atom is -0.299 e. The average molecular weight is 107 g/mol. The molecule has 0 amide bonds. The molecule has 0 N–H and O–H groups in total. The van der Waals surface area contributed by atoms with Crippen LogP contribution in [-0.2, 0) is 4.79 Å². The van der Waals surface area contributed by atoms with Gasteiger partial charge in [0.15, 0.2) is 0 Å². The fourth-order valence-electron chi connectivity index (χ4n) is 0.208. The number of carbonyl (C=O) groups excluding carboxylic acids is 1. The standard InChI is InChI=1S/C6H5NO/c7-5-3-1-2-4-6-8/h1-4,6H. The summed E-state index contributed by atoms with van der Waals surface area (Å²) in [6.07, 6.45) is 6.25. The lowest BCUT2D eigenvalue weighted by atomic mass is 10.4. The number of nitriles is 1. The van der Waals surface area contributed by atoms with Crippen molar-refractivity contribution in [2.24, 2.45) is 0 Å². The van der Waals surface area contributed by atoms with Crippen molar-refractivity contribution in [3.05, 3.63) is 24.3 Å². The van der Waals surface area contributed by atoms with Crippen molar-refractivity contribution in [1.29, 1.82) is 5.26 Å². The summed E-state index contributed by atoms with van der Waals surface area (Å²) in [6, 6.07) is 1.78. The highest BCUT2D eigenvalue weighted by Gasteiger charge is 1.59. The Balaban J connectivity index is 3.46. The Labute approximate surface area is 47.7 Å². The Morgan fingerprint density at radius 2 is 2.00 bits per heavy atom. The molecule has 2 heteroatoms. The average Bonchev–Trinajstić information content (AvgIpc) is 1.81. The Morgan fingerprint density at radius 1 is 1.25 bits per heavy atom. The van der Waals surface area contributed by atoms with E-state index >= 15 is 0 Å². The summed E-state index contributed by atoms with van der Waals surface area (Å²) in [4.78, 5) is 9.56. The monoisotopic (exact) mass is 107 g/mol. The molecule has 40 valence electrons. The summed E-state index contributed by atoms with van der Waals surface area (Å²) in [6.45, 7) is 0. The van der Waals surface area contributed by atoms with Gasteiger partial charge in [-0.2, -0.15) is 5.26 Å². The molecule has 0 radical (unpaired) electrons. The number of hydrogen-bond acceptors (Lipinski definition) is 2. The van der Waals surface area contributed by atoms with Gasteiger partial charge in [0.1, 0.15) is 6.29 Å². The van der Waals surface area contributed by atoms with Crippen LogP contribution in [0.5, 0.6) is 0 Å². The smallest absolute Gasteiger partial charge is 0.142 e. The maximum Gasteiger partial charge on any atom is 0.142 e. The lowest BCUT2D eigenvalue weighted by Crippen LogP contribution is -1.54. The van der Waals surface area contributed by atoms with Crippen LogP contribution in [0.3, 0.4) is 0 Å². The van der Waals surface area contributed by atoms with Crippen LogP contribution in [0.4, 0.5) is 0 Å². The SMILES string of the molecule is N#CC=CC=CC=O. The summed E-state index contributed by atoms with van der Waals surface area (Å²) in [5.41, 5.74) is 0. The molecule has 0 spiro atoms. The minimum atomic E-state index is 0.654. The van der Waals surface area contributed by atoms with Crippen LogP contribution < -0.4 is 0 Å². The van der Waals surface area contributed by atoms with E-state index in [1.165, 1.54) is 24.3 Å². The molecule has 0 aliphatic rings. The van der Waals surface area contributed by atoms with Gasteiger partial charge < -0.3 is 0 Å². The predicted octanol–water partition coefficient (Wildman–Crippen LogP) is 0.821. The van der Waals surface area contributed by atoms with Crippen LogP contribution in [0, 0.1) is 11.3 Å².